The summed E-state index contributed by atoms with van der Waals surface area (Å²) in [6.45, 7) is 6.27. The van der Waals surface area contributed by atoms with E-state index in [9.17, 15) is 33.0 Å². The van der Waals surface area contributed by atoms with Crippen LogP contribution in [-0.2, 0) is 24.0 Å². The second-order valence-corrected chi connectivity index (χ2v) is 15.7. The van der Waals surface area contributed by atoms with Gasteiger partial charge >= 0.3 is 10.3 Å². The quantitative estimate of drug-likeness (QED) is 0.106. The van der Waals surface area contributed by atoms with Crippen LogP contribution in [0.2, 0.25) is 0 Å². The van der Waals surface area contributed by atoms with Crippen LogP contribution in [0.1, 0.15) is 56.7 Å². The lowest BCUT2D eigenvalue weighted by Gasteiger charge is -2.23. The molecule has 2 aliphatic rings. The molecule has 0 spiro atoms. The molecule has 4 aromatic heterocycles. The summed E-state index contributed by atoms with van der Waals surface area (Å²) >= 11 is 0. The predicted molar refractivity (Wildman–Crippen MR) is 198 cm³/mol. The number of nitrogens with zero attached hydrogens (tertiary/aromatic N) is 6. The first-order valence-electron chi connectivity index (χ1n) is 17.8. The van der Waals surface area contributed by atoms with Crippen molar-refractivity contribution in [2.45, 2.75) is 64.7 Å². The van der Waals surface area contributed by atoms with Gasteiger partial charge in [0, 0.05) is 48.0 Å². The molecule has 7 rings (SSSR count). The van der Waals surface area contributed by atoms with Crippen molar-refractivity contribution in [3.05, 3.63) is 71.2 Å². The average Bonchev–Trinajstić information content (AvgIpc) is 3.92. The largest absolute Gasteiger partial charge is 0.394 e. The predicted octanol–water partition coefficient (Wildman–Crippen LogP) is 1.71. The van der Waals surface area contributed by atoms with Gasteiger partial charge in [0.15, 0.2) is 17.4 Å². The molecule has 0 bridgehead atoms. The minimum absolute atomic E-state index is 0.000151. The van der Waals surface area contributed by atoms with Crippen molar-refractivity contribution in [3.8, 4) is 0 Å². The van der Waals surface area contributed by atoms with Crippen LogP contribution in [0.15, 0.2) is 60.0 Å². The molecule has 5 aromatic rings. The summed E-state index contributed by atoms with van der Waals surface area (Å²) in [4.78, 5) is 57.6. The third-order valence-electron chi connectivity index (χ3n) is 10.4. The fourth-order valence-electron chi connectivity index (χ4n) is 7.24. The van der Waals surface area contributed by atoms with Crippen LogP contribution in [0.4, 0.5) is 11.8 Å². The normalized spacial score (nSPS) is 25.6. The number of H-pyrrole nitrogens is 1. The van der Waals surface area contributed by atoms with Crippen molar-refractivity contribution in [1.82, 2.24) is 38.8 Å². The van der Waals surface area contributed by atoms with Gasteiger partial charge in [-0.2, -0.15) is 18.1 Å². The van der Waals surface area contributed by atoms with Gasteiger partial charge in [-0.1, -0.05) is 45.9 Å². The van der Waals surface area contributed by atoms with Crippen LogP contribution in [0.3, 0.4) is 0 Å². The Labute approximate surface area is 314 Å². The molecule has 2 fully saturated rings. The average molecular weight is 779 g/mol. The number of hydrogen-bond acceptors (Lipinski definition) is 13. The summed E-state index contributed by atoms with van der Waals surface area (Å²) in [5.74, 6) is -2.38. The summed E-state index contributed by atoms with van der Waals surface area (Å²) in [5, 5.41) is 27.3. The van der Waals surface area contributed by atoms with Crippen LogP contribution in [0.5, 0.6) is 0 Å². The molecule has 1 saturated heterocycles. The number of hydrogen-bond donors (Lipinski definition) is 6. The van der Waals surface area contributed by atoms with E-state index < -0.39 is 64.8 Å². The fraction of sp³-hybridized carbons (Fsp3) is 0.457. The Hall–Kier alpha value is -5.12. The van der Waals surface area contributed by atoms with Crippen molar-refractivity contribution in [1.29, 1.82) is 0 Å². The number of aliphatic hydroxyl groups is 2. The molecule has 1 saturated carbocycles. The van der Waals surface area contributed by atoms with Gasteiger partial charge in [-0.15, -0.1) is 0 Å². The van der Waals surface area contributed by atoms with E-state index in [1.165, 1.54) is 17.2 Å². The molecule has 55 heavy (non-hydrogen) atoms. The molecule has 1 aromatic carbocycles. The number of benzene rings is 1. The number of aromatic amines is 1. The number of carbonyl (C=O) groups is 2. The second kappa shape index (κ2) is 15.2. The molecule has 1 aliphatic carbocycles. The Morgan fingerprint density at radius 3 is 2.55 bits per heavy atom. The minimum Gasteiger partial charge on any atom is -0.394 e. The zero-order valence-electron chi connectivity index (χ0n) is 30.4. The molecule has 1 aliphatic heterocycles. The summed E-state index contributed by atoms with van der Waals surface area (Å²) < 4.78 is 44.5. The Bertz CT molecular complexity index is 2380. The SMILES string of the molecule is CC(C)C(=O)Nc1nc2c(ncn2[C@@H]2O[C@H](CO)[C@@H](C)[C@H]2OS(=O)(=O)NC[C@H]2C[C@@H](n3ccc4c(NC(=O)c5ccccc5)ncnc43)[C@H](C)[C@@H]2O)c(=O)[nH]1. The van der Waals surface area contributed by atoms with E-state index in [0.29, 0.717) is 28.8 Å². The number of carbonyl (C=O) groups excluding carboxylic acids is 2. The fourth-order valence-corrected chi connectivity index (χ4v) is 8.29. The van der Waals surface area contributed by atoms with Crippen LogP contribution < -0.4 is 20.9 Å². The van der Waals surface area contributed by atoms with Gasteiger partial charge in [0.05, 0.1) is 30.5 Å². The van der Waals surface area contributed by atoms with Crippen LogP contribution in [-0.4, -0.2) is 96.0 Å². The van der Waals surface area contributed by atoms with E-state index in [0.717, 1.165) is 0 Å². The molecule has 0 radical (unpaired) electrons. The summed E-state index contributed by atoms with van der Waals surface area (Å²) in [5.41, 5.74) is 0.294. The van der Waals surface area contributed by atoms with Crippen molar-refractivity contribution < 1.29 is 37.1 Å². The van der Waals surface area contributed by atoms with E-state index in [1.807, 2.05) is 23.8 Å². The zero-order chi connectivity index (χ0) is 39.2. The van der Waals surface area contributed by atoms with Gasteiger partial charge in [0.2, 0.25) is 11.9 Å². The first-order chi connectivity index (χ1) is 26.3. The van der Waals surface area contributed by atoms with Crippen molar-refractivity contribution >= 4 is 56.1 Å². The van der Waals surface area contributed by atoms with E-state index in [4.69, 9.17) is 8.92 Å². The van der Waals surface area contributed by atoms with E-state index in [-0.39, 0.29) is 47.4 Å². The molecule has 0 unspecified atom stereocenters. The van der Waals surface area contributed by atoms with E-state index >= 15 is 0 Å². The zero-order valence-corrected chi connectivity index (χ0v) is 31.2. The molecular formula is C35H42N10O9S. The smallest absolute Gasteiger partial charge is 0.336 e. The first kappa shape index (κ1) is 38.2. The summed E-state index contributed by atoms with van der Waals surface area (Å²) in [6.07, 6.45) is 0.677. The number of nitrogens with one attached hydrogen (secondary N) is 4. The number of rotatable bonds is 12. The van der Waals surface area contributed by atoms with Gasteiger partial charge in [0.25, 0.3) is 11.5 Å². The van der Waals surface area contributed by atoms with Gasteiger partial charge in [0.1, 0.15) is 23.9 Å². The number of anilines is 2. The Balaban J connectivity index is 1.06. The minimum atomic E-state index is -4.49. The highest BCUT2D eigenvalue weighted by molar-refractivity contribution is 7.84. The van der Waals surface area contributed by atoms with E-state index in [1.54, 1.807) is 51.1 Å². The number of amides is 2. The van der Waals surface area contributed by atoms with Crippen LogP contribution in [0.25, 0.3) is 22.2 Å². The molecular weight excluding hydrogens is 737 g/mol. The van der Waals surface area contributed by atoms with Crippen molar-refractivity contribution in [2.75, 3.05) is 23.8 Å². The number of ether oxygens (including phenoxy) is 1. The topological polar surface area (TPSA) is 258 Å². The second-order valence-electron chi connectivity index (χ2n) is 14.3. The highest BCUT2D eigenvalue weighted by Gasteiger charge is 2.47. The number of fused-ring (bicyclic) bond motifs is 2. The molecule has 8 atom stereocenters. The number of aromatic nitrogens is 7. The standard InChI is InChI=1S/C35H42N10O9S/c1-17(2)31(48)42-35-41-30-25(33(50)43-35)38-16-45(30)34-27(19(4)24(14-46)53-34)54-55(51,52)39-13-21-12-23(18(3)26(21)47)44-11-10-22-28(36-15-37-29(22)44)40-32(49)20-8-6-5-7-9-20/h5-11,15-19,21,23-24,26-27,34,39,46-47H,12-14H2,1-4H3,(H,36,37,40,49)(H2,41,42,43,48,50)/t18-,19+,21+,23+,24+,26-,27+,34+/m0/s1. The number of imidazole rings is 1. The summed E-state index contributed by atoms with van der Waals surface area (Å²) in [7, 11) is -4.49. The Morgan fingerprint density at radius 1 is 1.05 bits per heavy atom. The molecule has 292 valence electrons. The monoisotopic (exact) mass is 778 g/mol. The molecule has 6 N–H and O–H groups in total. The first-order valence-corrected chi connectivity index (χ1v) is 19.2. The van der Waals surface area contributed by atoms with Crippen LogP contribution in [0, 0.1) is 23.7 Å². The van der Waals surface area contributed by atoms with Crippen molar-refractivity contribution in [3.63, 3.8) is 0 Å². The maximum Gasteiger partial charge on any atom is 0.336 e. The maximum atomic E-state index is 13.5. The van der Waals surface area contributed by atoms with Gasteiger partial charge < -0.3 is 24.8 Å². The lowest BCUT2D eigenvalue weighted by atomic mass is 10.0. The Morgan fingerprint density at radius 2 is 1.82 bits per heavy atom. The molecule has 19 nitrogen and oxygen atoms in total. The lowest BCUT2D eigenvalue weighted by molar-refractivity contribution is -0.118. The summed E-state index contributed by atoms with van der Waals surface area (Å²) in [6, 6.07) is 10.3. The van der Waals surface area contributed by atoms with Gasteiger partial charge in [-0.25, -0.2) is 19.1 Å². The Kier molecular flexibility index (Phi) is 10.5. The maximum absolute atomic E-state index is 13.5. The van der Waals surface area contributed by atoms with Crippen molar-refractivity contribution in [2.24, 2.45) is 23.7 Å². The third kappa shape index (κ3) is 7.48. The lowest BCUT2D eigenvalue weighted by Crippen LogP contribution is -2.39. The molecule has 2 amide bonds. The molecule has 5 heterocycles. The molecule has 20 heteroatoms. The highest BCUT2D eigenvalue weighted by atomic mass is 32.2. The third-order valence-corrected chi connectivity index (χ3v) is 11.4. The van der Waals surface area contributed by atoms with Gasteiger partial charge in [-0.3, -0.25) is 29.3 Å². The van der Waals surface area contributed by atoms with Crippen LogP contribution >= 0.6 is 0 Å². The highest BCUT2D eigenvalue weighted by Crippen LogP contribution is 2.42. The number of aliphatic hydroxyl groups excluding tert-OH is 2. The van der Waals surface area contributed by atoms with E-state index in [2.05, 4.69) is 40.3 Å². The van der Waals surface area contributed by atoms with Gasteiger partial charge in [-0.05, 0) is 24.6 Å².